The Morgan fingerprint density at radius 2 is 1.92 bits per heavy atom. The van der Waals surface area contributed by atoms with Gasteiger partial charge in [-0.25, -0.2) is 4.98 Å². The number of carbonyl (C=O) groups excluding carboxylic acids is 2. The molecule has 0 fully saturated rings. The average Bonchev–Trinajstić information content (AvgIpc) is 2.82. The van der Waals surface area contributed by atoms with Crippen LogP contribution in [0.2, 0.25) is 5.02 Å². The Labute approximate surface area is 143 Å². The molecule has 0 aliphatic carbocycles. The molecule has 0 atom stereocenters. The number of nitrogens with one attached hydrogen (secondary N) is 1. The maximum absolute atomic E-state index is 12.9. The second-order valence-corrected chi connectivity index (χ2v) is 6.05. The number of pyridine rings is 1. The van der Waals surface area contributed by atoms with Gasteiger partial charge in [-0.05, 0) is 49.7 Å². The number of aromatic nitrogens is 2. The number of H-pyrrole nitrogens is 1. The Kier molecular flexibility index (Phi) is 4.11. The van der Waals surface area contributed by atoms with E-state index >= 15 is 0 Å². The molecule has 1 N–H and O–H groups in total. The molecule has 3 rings (SSSR count). The first-order valence-corrected chi connectivity index (χ1v) is 7.72. The summed E-state index contributed by atoms with van der Waals surface area (Å²) in [5, 5.41) is 1.13. The van der Waals surface area contributed by atoms with E-state index in [1.165, 1.54) is 6.92 Å². The van der Waals surface area contributed by atoms with E-state index in [0.29, 0.717) is 21.6 Å². The molecule has 0 aliphatic rings. The lowest BCUT2D eigenvalue weighted by molar-refractivity contribution is -0.131. The lowest BCUT2D eigenvalue weighted by Gasteiger charge is -2.05. The summed E-state index contributed by atoms with van der Waals surface area (Å²) < 4.78 is 5.28. The molecule has 0 unspecified atom stereocenters. The topological polar surface area (TPSA) is 72.1 Å². The average molecular weight is 343 g/mol. The number of esters is 1. The van der Waals surface area contributed by atoms with Gasteiger partial charge in [0.15, 0.2) is 5.75 Å². The smallest absolute Gasteiger partial charge is 0.308 e. The predicted octanol–water partition coefficient (Wildman–Crippen LogP) is 3.99. The number of hydrogen-bond donors (Lipinski definition) is 1. The summed E-state index contributed by atoms with van der Waals surface area (Å²) in [6.45, 7) is 5.00. The third-order valence-electron chi connectivity index (χ3n) is 3.52. The number of hydrogen-bond acceptors (Lipinski definition) is 4. The second kappa shape index (κ2) is 6.09. The highest BCUT2D eigenvalue weighted by molar-refractivity contribution is 6.31. The molecule has 2 heterocycles. The van der Waals surface area contributed by atoms with Crippen LogP contribution < -0.4 is 4.74 Å². The van der Waals surface area contributed by atoms with Gasteiger partial charge in [0.1, 0.15) is 11.4 Å². The van der Waals surface area contributed by atoms with E-state index in [2.05, 4.69) is 9.97 Å². The van der Waals surface area contributed by atoms with Gasteiger partial charge >= 0.3 is 5.97 Å². The zero-order valence-corrected chi connectivity index (χ0v) is 14.2. The van der Waals surface area contributed by atoms with Crippen LogP contribution in [0.5, 0.6) is 5.75 Å². The number of rotatable bonds is 3. The van der Waals surface area contributed by atoms with E-state index in [1.807, 2.05) is 19.9 Å². The molecule has 5 nitrogen and oxygen atoms in total. The minimum Gasteiger partial charge on any atom is -0.424 e. The standard InChI is InChI=1S/C18H15ClN2O3/c1-9-6-10(2)20-15(7-9)17(23)16-18(24-11(3)22)13-5-4-12(19)8-14(13)21-16/h4-8,21H,1-3H3. The fourth-order valence-corrected chi connectivity index (χ4v) is 2.81. The monoisotopic (exact) mass is 342 g/mol. The number of aryl methyl sites for hydroxylation is 2. The van der Waals surface area contributed by atoms with Crippen LogP contribution in [0.1, 0.15) is 34.4 Å². The molecule has 0 amide bonds. The summed E-state index contributed by atoms with van der Waals surface area (Å²) in [6.07, 6.45) is 0. The van der Waals surface area contributed by atoms with Gasteiger partial charge < -0.3 is 9.72 Å². The molecule has 0 saturated carbocycles. The van der Waals surface area contributed by atoms with Gasteiger partial charge in [-0.15, -0.1) is 0 Å². The second-order valence-electron chi connectivity index (χ2n) is 5.61. The fraction of sp³-hybridized carbons (Fsp3) is 0.167. The van der Waals surface area contributed by atoms with Crippen LogP contribution in [0, 0.1) is 13.8 Å². The molecule has 3 aromatic rings. The van der Waals surface area contributed by atoms with Crippen molar-refractivity contribution in [1.82, 2.24) is 9.97 Å². The largest absolute Gasteiger partial charge is 0.424 e. The lowest BCUT2D eigenvalue weighted by atomic mass is 10.1. The van der Waals surface area contributed by atoms with Gasteiger partial charge in [0.05, 0.1) is 5.52 Å². The molecule has 0 saturated heterocycles. The summed E-state index contributed by atoms with van der Waals surface area (Å²) in [6, 6.07) is 8.64. The molecule has 0 aliphatic heterocycles. The van der Waals surface area contributed by atoms with Gasteiger partial charge in [-0.3, -0.25) is 9.59 Å². The SMILES string of the molecule is CC(=O)Oc1c(C(=O)c2cc(C)cc(C)n2)[nH]c2cc(Cl)ccc12. The number of carbonyl (C=O) groups is 2. The number of ether oxygens (including phenoxy) is 1. The number of fused-ring (bicyclic) bond motifs is 1. The summed E-state index contributed by atoms with van der Waals surface area (Å²) in [5.74, 6) is -0.654. The Morgan fingerprint density at radius 1 is 1.17 bits per heavy atom. The van der Waals surface area contributed by atoms with E-state index in [1.54, 1.807) is 24.3 Å². The van der Waals surface area contributed by atoms with Crippen LogP contribution in [0.15, 0.2) is 30.3 Å². The number of benzene rings is 1. The predicted molar refractivity (Wildman–Crippen MR) is 91.8 cm³/mol. The first kappa shape index (κ1) is 16.2. The highest BCUT2D eigenvalue weighted by atomic mass is 35.5. The van der Waals surface area contributed by atoms with Crippen molar-refractivity contribution in [1.29, 1.82) is 0 Å². The van der Waals surface area contributed by atoms with Crippen molar-refractivity contribution < 1.29 is 14.3 Å². The van der Waals surface area contributed by atoms with Crippen molar-refractivity contribution in [2.45, 2.75) is 20.8 Å². The number of halogens is 1. The Hall–Kier alpha value is -2.66. The maximum atomic E-state index is 12.9. The van der Waals surface area contributed by atoms with Crippen molar-refractivity contribution >= 4 is 34.3 Å². The summed E-state index contributed by atoms with van der Waals surface area (Å²) >= 11 is 6.00. The maximum Gasteiger partial charge on any atom is 0.308 e. The normalized spacial score (nSPS) is 10.8. The van der Waals surface area contributed by atoms with Crippen molar-refractivity contribution in [3.8, 4) is 5.75 Å². The van der Waals surface area contributed by atoms with Gasteiger partial charge in [0.2, 0.25) is 5.78 Å². The molecule has 0 spiro atoms. The van der Waals surface area contributed by atoms with Crippen molar-refractivity contribution in [2.24, 2.45) is 0 Å². The first-order chi connectivity index (χ1) is 11.3. The number of nitrogens with zero attached hydrogens (tertiary/aromatic N) is 1. The van der Waals surface area contributed by atoms with E-state index in [9.17, 15) is 9.59 Å². The highest BCUT2D eigenvalue weighted by Crippen LogP contribution is 2.33. The Balaban J connectivity index is 2.20. The van der Waals surface area contributed by atoms with Crippen LogP contribution in [0.3, 0.4) is 0 Å². The Bertz CT molecular complexity index is 956. The van der Waals surface area contributed by atoms with Crippen molar-refractivity contribution in [2.75, 3.05) is 0 Å². The van der Waals surface area contributed by atoms with Gasteiger partial charge in [-0.2, -0.15) is 0 Å². The molecule has 122 valence electrons. The fourth-order valence-electron chi connectivity index (χ4n) is 2.64. The first-order valence-electron chi connectivity index (χ1n) is 7.35. The van der Waals surface area contributed by atoms with Crippen molar-refractivity contribution in [3.63, 3.8) is 0 Å². The molecular formula is C18H15ClN2O3. The number of ketones is 1. The molecule has 1 aromatic carbocycles. The zero-order valence-electron chi connectivity index (χ0n) is 13.4. The van der Waals surface area contributed by atoms with Crippen LogP contribution >= 0.6 is 11.6 Å². The summed E-state index contributed by atoms with van der Waals surface area (Å²) in [7, 11) is 0. The van der Waals surface area contributed by atoms with E-state index < -0.39 is 5.97 Å². The third-order valence-corrected chi connectivity index (χ3v) is 3.75. The van der Waals surface area contributed by atoms with Crippen LogP contribution in [-0.4, -0.2) is 21.7 Å². The highest BCUT2D eigenvalue weighted by Gasteiger charge is 2.23. The van der Waals surface area contributed by atoms with E-state index in [0.717, 1.165) is 11.3 Å². The van der Waals surface area contributed by atoms with Gasteiger partial charge in [-0.1, -0.05) is 11.6 Å². The lowest BCUT2D eigenvalue weighted by Crippen LogP contribution is -2.10. The summed E-state index contributed by atoms with van der Waals surface area (Å²) in [5.41, 5.74) is 2.76. The minimum atomic E-state index is -0.506. The summed E-state index contributed by atoms with van der Waals surface area (Å²) in [4.78, 5) is 31.6. The quantitative estimate of drug-likeness (QED) is 0.577. The van der Waals surface area contributed by atoms with E-state index in [-0.39, 0.29) is 17.2 Å². The van der Waals surface area contributed by atoms with E-state index in [4.69, 9.17) is 16.3 Å². The van der Waals surface area contributed by atoms with Crippen LogP contribution in [-0.2, 0) is 4.79 Å². The minimum absolute atomic E-state index is 0.181. The molecule has 6 heteroatoms. The van der Waals surface area contributed by atoms with Gasteiger partial charge in [0, 0.05) is 23.0 Å². The van der Waals surface area contributed by atoms with Crippen molar-refractivity contribution in [3.05, 3.63) is 58.0 Å². The number of aromatic amines is 1. The third kappa shape index (κ3) is 3.03. The molecule has 0 bridgehead atoms. The molecule has 24 heavy (non-hydrogen) atoms. The zero-order chi connectivity index (χ0) is 17.4. The Morgan fingerprint density at radius 3 is 2.58 bits per heavy atom. The van der Waals surface area contributed by atoms with Crippen LogP contribution in [0.25, 0.3) is 10.9 Å². The molecular weight excluding hydrogens is 328 g/mol. The molecule has 2 aromatic heterocycles. The van der Waals surface area contributed by atoms with Crippen LogP contribution in [0.4, 0.5) is 0 Å². The molecule has 0 radical (unpaired) electrons. The van der Waals surface area contributed by atoms with Gasteiger partial charge in [0.25, 0.3) is 0 Å².